The first kappa shape index (κ1) is 13.4. The van der Waals surface area contributed by atoms with Crippen molar-refractivity contribution in [3.8, 4) is 5.75 Å². The van der Waals surface area contributed by atoms with E-state index in [1.54, 1.807) is 14.0 Å². The van der Waals surface area contributed by atoms with Crippen molar-refractivity contribution in [2.75, 3.05) is 7.05 Å². The molecular weight excluding hydrogens is 230 g/mol. The molecule has 0 saturated carbocycles. The highest BCUT2D eigenvalue weighted by molar-refractivity contribution is 5.85. The van der Waals surface area contributed by atoms with Crippen LogP contribution in [0, 0.1) is 0 Å². The van der Waals surface area contributed by atoms with Gasteiger partial charge in [-0.15, -0.1) is 0 Å². The van der Waals surface area contributed by atoms with Crippen LogP contribution < -0.4 is 15.8 Å². The number of nitrogens with one attached hydrogen (secondary N) is 1. The predicted octanol–water partition coefficient (Wildman–Crippen LogP) is 1.21. The second-order valence-corrected chi connectivity index (χ2v) is 3.64. The van der Waals surface area contributed by atoms with E-state index in [1.165, 1.54) is 24.3 Å². The highest BCUT2D eigenvalue weighted by Gasteiger charge is 2.31. The molecular formula is C11H14F2N2O2. The zero-order valence-electron chi connectivity index (χ0n) is 9.54. The van der Waals surface area contributed by atoms with Crippen LogP contribution in [-0.2, 0) is 10.3 Å². The van der Waals surface area contributed by atoms with E-state index in [1.807, 2.05) is 0 Å². The standard InChI is InChI=1S/C11H14F2N2O2/c1-11(15-2,9(14)16)7-3-5-8(6-4-7)17-10(12)13/h3-6,10,15H,1-2H3,(H2,14,16). The van der Waals surface area contributed by atoms with Crippen molar-refractivity contribution in [2.45, 2.75) is 19.1 Å². The lowest BCUT2D eigenvalue weighted by Crippen LogP contribution is -2.48. The summed E-state index contributed by atoms with van der Waals surface area (Å²) in [5.41, 5.74) is 4.82. The fourth-order valence-corrected chi connectivity index (χ4v) is 1.38. The van der Waals surface area contributed by atoms with Gasteiger partial charge in [0, 0.05) is 0 Å². The fraction of sp³-hybridized carbons (Fsp3) is 0.364. The summed E-state index contributed by atoms with van der Waals surface area (Å²) in [6.07, 6.45) is 0. The minimum Gasteiger partial charge on any atom is -0.435 e. The molecule has 0 radical (unpaired) electrons. The molecule has 17 heavy (non-hydrogen) atoms. The molecule has 1 rings (SSSR count). The number of benzene rings is 1. The Morgan fingerprint density at radius 2 is 1.94 bits per heavy atom. The maximum absolute atomic E-state index is 11.9. The summed E-state index contributed by atoms with van der Waals surface area (Å²) in [5.74, 6) is -0.519. The van der Waals surface area contributed by atoms with E-state index >= 15 is 0 Å². The van der Waals surface area contributed by atoms with Gasteiger partial charge in [-0.05, 0) is 31.7 Å². The molecule has 0 fully saturated rings. The van der Waals surface area contributed by atoms with E-state index in [-0.39, 0.29) is 5.75 Å². The van der Waals surface area contributed by atoms with Gasteiger partial charge < -0.3 is 15.8 Å². The Morgan fingerprint density at radius 1 is 1.41 bits per heavy atom. The number of rotatable bonds is 5. The largest absolute Gasteiger partial charge is 0.435 e. The second kappa shape index (κ2) is 5.09. The summed E-state index contributed by atoms with van der Waals surface area (Å²) in [5, 5.41) is 2.79. The van der Waals surface area contributed by atoms with E-state index in [9.17, 15) is 13.6 Å². The first-order valence-corrected chi connectivity index (χ1v) is 4.94. The van der Waals surface area contributed by atoms with Gasteiger partial charge in [-0.2, -0.15) is 8.78 Å². The Bertz CT molecular complexity index is 395. The third kappa shape index (κ3) is 2.91. The summed E-state index contributed by atoms with van der Waals surface area (Å²) in [6, 6.07) is 5.75. The SMILES string of the molecule is CNC(C)(C(N)=O)c1ccc(OC(F)F)cc1. The summed E-state index contributed by atoms with van der Waals surface area (Å²) < 4.78 is 28.1. The van der Waals surface area contributed by atoms with Crippen molar-refractivity contribution in [3.05, 3.63) is 29.8 Å². The molecule has 0 heterocycles. The van der Waals surface area contributed by atoms with Gasteiger partial charge in [0.15, 0.2) is 0 Å². The minimum atomic E-state index is -2.87. The number of ether oxygens (including phenoxy) is 1. The summed E-state index contributed by atoms with van der Waals surface area (Å²) in [7, 11) is 1.59. The molecule has 1 amide bonds. The molecule has 1 unspecified atom stereocenters. The lowest BCUT2D eigenvalue weighted by atomic mass is 9.91. The van der Waals surface area contributed by atoms with Crippen LogP contribution in [-0.4, -0.2) is 19.6 Å². The molecule has 0 aliphatic rings. The molecule has 0 aliphatic carbocycles. The van der Waals surface area contributed by atoms with Crippen LogP contribution in [0.15, 0.2) is 24.3 Å². The van der Waals surface area contributed by atoms with Crippen molar-refractivity contribution in [1.82, 2.24) is 5.32 Å². The number of halogens is 2. The molecule has 1 aromatic rings. The minimum absolute atomic E-state index is 0.0340. The van der Waals surface area contributed by atoms with Gasteiger partial charge in [-0.1, -0.05) is 12.1 Å². The highest BCUT2D eigenvalue weighted by Crippen LogP contribution is 2.23. The van der Waals surface area contributed by atoms with Gasteiger partial charge in [0.05, 0.1) is 0 Å². The Hall–Kier alpha value is -1.69. The molecule has 0 saturated heterocycles. The van der Waals surface area contributed by atoms with Crippen LogP contribution in [0.2, 0.25) is 0 Å². The molecule has 94 valence electrons. The topological polar surface area (TPSA) is 64.3 Å². The Morgan fingerprint density at radius 3 is 2.29 bits per heavy atom. The van der Waals surface area contributed by atoms with Crippen LogP contribution in [0.5, 0.6) is 5.75 Å². The van der Waals surface area contributed by atoms with E-state index < -0.39 is 18.1 Å². The van der Waals surface area contributed by atoms with Crippen molar-refractivity contribution in [3.63, 3.8) is 0 Å². The number of nitrogens with two attached hydrogens (primary N) is 1. The maximum atomic E-state index is 11.9. The number of amides is 1. The molecule has 1 aromatic carbocycles. The third-order valence-electron chi connectivity index (χ3n) is 2.65. The summed E-state index contributed by atoms with van der Waals surface area (Å²) in [4.78, 5) is 11.3. The quantitative estimate of drug-likeness (QED) is 0.818. The zero-order chi connectivity index (χ0) is 13.1. The molecule has 0 aromatic heterocycles. The van der Waals surface area contributed by atoms with Gasteiger partial charge in [0.1, 0.15) is 11.3 Å². The molecule has 0 spiro atoms. The van der Waals surface area contributed by atoms with Gasteiger partial charge in [0.2, 0.25) is 5.91 Å². The predicted molar refractivity (Wildman–Crippen MR) is 58.7 cm³/mol. The molecule has 0 bridgehead atoms. The van der Waals surface area contributed by atoms with Gasteiger partial charge in [0.25, 0.3) is 0 Å². The lowest BCUT2D eigenvalue weighted by Gasteiger charge is -2.26. The Labute approximate surface area is 97.8 Å². The van der Waals surface area contributed by atoms with Gasteiger partial charge in [-0.3, -0.25) is 4.79 Å². The average molecular weight is 244 g/mol. The van der Waals surface area contributed by atoms with Gasteiger partial charge >= 0.3 is 6.61 Å². The third-order valence-corrected chi connectivity index (χ3v) is 2.65. The highest BCUT2D eigenvalue weighted by atomic mass is 19.3. The molecule has 0 aliphatic heterocycles. The fourth-order valence-electron chi connectivity index (χ4n) is 1.38. The van der Waals surface area contributed by atoms with Crippen molar-refractivity contribution in [1.29, 1.82) is 0 Å². The van der Waals surface area contributed by atoms with E-state index in [0.29, 0.717) is 5.56 Å². The van der Waals surface area contributed by atoms with Crippen molar-refractivity contribution < 1.29 is 18.3 Å². The number of alkyl halides is 2. The number of hydrogen-bond donors (Lipinski definition) is 2. The number of carbonyl (C=O) groups is 1. The molecule has 6 heteroatoms. The zero-order valence-corrected chi connectivity index (χ0v) is 9.54. The van der Waals surface area contributed by atoms with Crippen molar-refractivity contribution >= 4 is 5.91 Å². The number of primary amides is 1. The van der Waals surface area contributed by atoms with Crippen LogP contribution >= 0.6 is 0 Å². The van der Waals surface area contributed by atoms with Crippen LogP contribution in [0.3, 0.4) is 0 Å². The van der Waals surface area contributed by atoms with Crippen LogP contribution in [0.1, 0.15) is 12.5 Å². The Balaban J connectivity index is 2.97. The van der Waals surface area contributed by atoms with Gasteiger partial charge in [-0.25, -0.2) is 0 Å². The average Bonchev–Trinajstić information content (AvgIpc) is 2.28. The summed E-state index contributed by atoms with van der Waals surface area (Å²) >= 11 is 0. The normalized spacial score (nSPS) is 14.4. The van der Waals surface area contributed by atoms with Crippen LogP contribution in [0.25, 0.3) is 0 Å². The van der Waals surface area contributed by atoms with E-state index in [4.69, 9.17) is 5.73 Å². The second-order valence-electron chi connectivity index (χ2n) is 3.64. The monoisotopic (exact) mass is 244 g/mol. The van der Waals surface area contributed by atoms with E-state index in [0.717, 1.165) is 0 Å². The smallest absolute Gasteiger partial charge is 0.387 e. The number of hydrogen-bond acceptors (Lipinski definition) is 3. The molecule has 4 nitrogen and oxygen atoms in total. The van der Waals surface area contributed by atoms with E-state index in [2.05, 4.69) is 10.1 Å². The van der Waals surface area contributed by atoms with Crippen molar-refractivity contribution in [2.24, 2.45) is 5.73 Å². The lowest BCUT2D eigenvalue weighted by molar-refractivity contribution is -0.123. The number of likely N-dealkylation sites (N-methyl/N-ethyl adjacent to an activating group) is 1. The molecule has 3 N–H and O–H groups in total. The summed E-state index contributed by atoms with van der Waals surface area (Å²) in [6.45, 7) is -1.26. The maximum Gasteiger partial charge on any atom is 0.387 e. The van der Waals surface area contributed by atoms with Crippen LogP contribution in [0.4, 0.5) is 8.78 Å². The first-order chi connectivity index (χ1) is 7.90. The number of carbonyl (C=O) groups excluding carboxylic acids is 1. The first-order valence-electron chi connectivity index (χ1n) is 4.94. The molecule has 1 atom stereocenters. The Kier molecular flexibility index (Phi) is 4.01.